The van der Waals surface area contributed by atoms with Crippen LogP contribution in [0.25, 0.3) is 0 Å². The van der Waals surface area contributed by atoms with Gasteiger partial charge < -0.3 is 16.8 Å². The van der Waals surface area contributed by atoms with Crippen molar-refractivity contribution in [3.8, 4) is 0 Å². The maximum Gasteiger partial charge on any atom is 0.223 e. The number of nitrogens with one attached hydrogen (secondary N) is 1. The van der Waals surface area contributed by atoms with E-state index in [4.69, 9.17) is 31.4 Å². The first-order valence-electron chi connectivity index (χ1n) is 16.9. The lowest BCUT2D eigenvalue weighted by molar-refractivity contribution is 0.218. The third-order valence-corrected chi connectivity index (χ3v) is 10.5. The molecule has 7 nitrogen and oxygen atoms in total. The minimum atomic E-state index is 0.139. The van der Waals surface area contributed by atoms with E-state index in [2.05, 4.69) is 92.0 Å². The van der Waals surface area contributed by atoms with Crippen LogP contribution in [0.2, 0.25) is 0 Å². The van der Waals surface area contributed by atoms with Crippen molar-refractivity contribution in [1.29, 1.82) is 0 Å². The maximum atomic E-state index is 5.93. The van der Waals surface area contributed by atoms with Crippen LogP contribution in [0.15, 0.2) is 82.8 Å². The summed E-state index contributed by atoms with van der Waals surface area (Å²) in [5, 5.41) is 5.51. The van der Waals surface area contributed by atoms with E-state index in [1.807, 2.05) is 0 Å². The number of thioether (sulfide) groups is 2. The van der Waals surface area contributed by atoms with Gasteiger partial charge in [0.2, 0.25) is 5.95 Å². The number of benzene rings is 2. The number of nitrogens with two attached hydrogens (primary N) is 2. The number of unbranched alkanes of at least 4 members (excludes halogenated alkanes) is 3. The molecule has 1 aliphatic rings. The van der Waals surface area contributed by atoms with E-state index >= 15 is 0 Å². The number of aryl methyl sites for hydroxylation is 1. The molecule has 5 rings (SSSR count). The molecule has 0 saturated heterocycles. The Hall–Kier alpha value is -2.98. The molecular weight excluding hydrogens is 607 g/mol. The zero-order chi connectivity index (χ0) is 32.1. The Balaban J connectivity index is 1.65. The lowest BCUT2D eigenvalue weighted by Crippen LogP contribution is -2.41. The fraction of sp³-hybridized carbons (Fsp3) is 0.459. The quantitative estimate of drug-likeness (QED) is 0.0562. The summed E-state index contributed by atoms with van der Waals surface area (Å²) in [6.07, 6.45) is 6.52. The molecule has 244 valence electrons. The summed E-state index contributed by atoms with van der Waals surface area (Å²) in [5.74, 6) is 3.96. The van der Waals surface area contributed by atoms with Gasteiger partial charge in [0.05, 0.1) is 5.69 Å². The molecule has 0 aliphatic heterocycles. The molecule has 1 fully saturated rings. The fourth-order valence-electron chi connectivity index (χ4n) is 6.52. The number of hydrogen-bond acceptors (Lipinski definition) is 9. The van der Waals surface area contributed by atoms with Crippen molar-refractivity contribution in [3.63, 3.8) is 0 Å². The third-order valence-electron chi connectivity index (χ3n) is 8.64. The average molecular weight is 656 g/mol. The minimum Gasteiger partial charge on any atom is -0.354 e. The summed E-state index contributed by atoms with van der Waals surface area (Å²) >= 11 is 3.44. The van der Waals surface area contributed by atoms with Gasteiger partial charge >= 0.3 is 0 Å². The second-order valence-corrected chi connectivity index (χ2v) is 14.2. The molecule has 0 spiro atoms. The van der Waals surface area contributed by atoms with Crippen molar-refractivity contribution in [2.45, 2.75) is 86.1 Å². The molecule has 46 heavy (non-hydrogen) atoms. The maximum absolute atomic E-state index is 5.93. The minimum absolute atomic E-state index is 0.139. The van der Waals surface area contributed by atoms with Gasteiger partial charge in [-0.3, -0.25) is 0 Å². The molecule has 2 heterocycles. The van der Waals surface area contributed by atoms with Crippen LogP contribution >= 0.6 is 23.5 Å². The highest BCUT2D eigenvalue weighted by molar-refractivity contribution is 7.99. The summed E-state index contributed by atoms with van der Waals surface area (Å²) in [5.41, 5.74) is 16.7. The van der Waals surface area contributed by atoms with Gasteiger partial charge in [-0.15, -0.1) is 23.5 Å². The number of hydrogen-bond donors (Lipinski definition) is 3. The summed E-state index contributed by atoms with van der Waals surface area (Å²) in [7, 11) is 0. The average Bonchev–Trinajstić information content (AvgIpc) is 3.07. The molecule has 2 atom stereocenters. The topological polar surface area (TPSA) is 116 Å². The molecule has 0 bridgehead atoms. The van der Waals surface area contributed by atoms with E-state index in [0.717, 1.165) is 71.0 Å². The van der Waals surface area contributed by atoms with Gasteiger partial charge in [-0.25, -0.2) is 19.9 Å². The van der Waals surface area contributed by atoms with E-state index in [0.29, 0.717) is 19.0 Å². The molecule has 2 aromatic carbocycles. The molecule has 1 aliphatic carbocycles. The van der Waals surface area contributed by atoms with Gasteiger partial charge in [0, 0.05) is 66.9 Å². The molecular formula is C37H49N7S2. The predicted octanol–water partition coefficient (Wildman–Crippen LogP) is 7.76. The highest BCUT2D eigenvalue weighted by Gasteiger charge is 2.54. The van der Waals surface area contributed by atoms with Crippen molar-refractivity contribution in [2.24, 2.45) is 11.5 Å². The van der Waals surface area contributed by atoms with E-state index in [9.17, 15) is 0 Å². The summed E-state index contributed by atoms with van der Waals surface area (Å²) < 4.78 is 0. The van der Waals surface area contributed by atoms with E-state index in [-0.39, 0.29) is 23.7 Å². The van der Waals surface area contributed by atoms with Crippen molar-refractivity contribution in [1.82, 2.24) is 19.9 Å². The van der Waals surface area contributed by atoms with Gasteiger partial charge in [-0.2, -0.15) is 0 Å². The van der Waals surface area contributed by atoms with Crippen molar-refractivity contribution in [3.05, 3.63) is 101 Å². The highest BCUT2D eigenvalue weighted by atomic mass is 32.2. The highest BCUT2D eigenvalue weighted by Crippen LogP contribution is 2.66. The second kappa shape index (κ2) is 17.8. The Labute approximate surface area is 283 Å². The van der Waals surface area contributed by atoms with Gasteiger partial charge in [0.1, 0.15) is 15.9 Å². The second-order valence-electron chi connectivity index (χ2n) is 11.9. The van der Waals surface area contributed by atoms with E-state index < -0.39 is 0 Å². The number of rotatable bonds is 18. The van der Waals surface area contributed by atoms with Gasteiger partial charge in [0.15, 0.2) is 0 Å². The van der Waals surface area contributed by atoms with Crippen LogP contribution in [0.3, 0.4) is 0 Å². The smallest absolute Gasteiger partial charge is 0.223 e. The molecule has 0 unspecified atom stereocenters. The Morgan fingerprint density at radius 2 is 1.17 bits per heavy atom. The standard InChI is InChI=1S/C37H49N7S2/c1-3-5-9-18-30-41-28(24-31(43-30)45-22-19-38)35-33(26-14-10-7-11-15-26)36(34(35)27-16-12-8-13-17-27)29-25-32(46-23-20-39)44-37(42-29)40-21-6-4-2/h7-8,10-17,24-25,33-36H,3-6,9,18-23,38-39H2,1-2H3,(H,40,42,44)/t33-,34-,35?,36?/m1/s1. The number of nitrogens with zero attached hydrogens (tertiary/aromatic N) is 4. The largest absolute Gasteiger partial charge is 0.354 e. The monoisotopic (exact) mass is 655 g/mol. The molecule has 0 amide bonds. The van der Waals surface area contributed by atoms with Crippen molar-refractivity contribution < 1.29 is 0 Å². The Morgan fingerprint density at radius 3 is 1.72 bits per heavy atom. The third kappa shape index (κ3) is 8.68. The summed E-state index contributed by atoms with van der Waals surface area (Å²) in [4.78, 5) is 20.4. The first kappa shape index (κ1) is 34.4. The number of anilines is 1. The van der Waals surface area contributed by atoms with E-state index in [1.165, 1.54) is 24.0 Å². The zero-order valence-corrected chi connectivity index (χ0v) is 28.9. The van der Waals surface area contributed by atoms with Crippen LogP contribution in [0, 0.1) is 0 Å². The summed E-state index contributed by atoms with van der Waals surface area (Å²) in [6.45, 7) is 6.51. The van der Waals surface area contributed by atoms with Crippen LogP contribution in [-0.2, 0) is 6.42 Å². The molecule has 4 aromatic rings. The van der Waals surface area contributed by atoms with Crippen LogP contribution < -0.4 is 16.8 Å². The lowest BCUT2D eigenvalue weighted by Gasteiger charge is -2.52. The van der Waals surface area contributed by atoms with Gasteiger partial charge in [-0.05, 0) is 36.1 Å². The van der Waals surface area contributed by atoms with Gasteiger partial charge in [0.25, 0.3) is 0 Å². The van der Waals surface area contributed by atoms with Crippen LogP contribution in [0.1, 0.15) is 98.0 Å². The fourth-order valence-corrected chi connectivity index (χ4v) is 7.90. The van der Waals surface area contributed by atoms with Crippen molar-refractivity contribution in [2.75, 3.05) is 36.5 Å². The van der Waals surface area contributed by atoms with Crippen LogP contribution in [0.4, 0.5) is 5.95 Å². The Bertz CT molecular complexity index is 1370. The van der Waals surface area contributed by atoms with Gasteiger partial charge in [-0.1, -0.05) is 93.8 Å². The Morgan fingerprint density at radius 1 is 0.630 bits per heavy atom. The molecule has 5 N–H and O–H groups in total. The lowest BCUT2D eigenvalue weighted by atomic mass is 9.50. The van der Waals surface area contributed by atoms with Crippen molar-refractivity contribution >= 4 is 29.5 Å². The molecule has 1 saturated carbocycles. The molecule has 2 aromatic heterocycles. The summed E-state index contributed by atoms with van der Waals surface area (Å²) in [6, 6.07) is 26.3. The number of aromatic nitrogens is 4. The normalized spacial score (nSPS) is 19.1. The first-order chi connectivity index (χ1) is 22.7. The Kier molecular flexibility index (Phi) is 13.3. The van der Waals surface area contributed by atoms with Crippen LogP contribution in [0.5, 0.6) is 0 Å². The first-order valence-corrected chi connectivity index (χ1v) is 18.9. The van der Waals surface area contributed by atoms with E-state index in [1.54, 1.807) is 23.5 Å². The SMILES string of the molecule is CCCCCc1nc(SCCN)cc(C2[C@@H](c3ccccc3)C(c3cc(SCCN)nc(NCCCC)n3)[C@@H]2c2ccccc2)n1. The zero-order valence-electron chi connectivity index (χ0n) is 27.3. The predicted molar refractivity (Wildman–Crippen MR) is 194 cm³/mol. The molecule has 9 heteroatoms. The molecule has 0 radical (unpaired) electrons. The van der Waals surface area contributed by atoms with Crippen LogP contribution in [-0.4, -0.2) is 51.1 Å².